The van der Waals surface area contributed by atoms with E-state index in [1.54, 1.807) is 0 Å². The van der Waals surface area contributed by atoms with Crippen molar-refractivity contribution >= 4 is 23.6 Å². The monoisotopic (exact) mass is 658 g/mol. The van der Waals surface area contributed by atoms with Crippen molar-refractivity contribution in [3.8, 4) is 33.4 Å². The second kappa shape index (κ2) is 15.9. The number of pyridine rings is 1. The normalized spacial score (nSPS) is 11.6. The predicted molar refractivity (Wildman–Crippen MR) is 221 cm³/mol. The molecule has 0 bridgehead atoms. The van der Waals surface area contributed by atoms with Crippen LogP contribution in [0.3, 0.4) is 0 Å². The van der Waals surface area contributed by atoms with E-state index in [4.69, 9.17) is 4.99 Å². The molecule has 0 atom stereocenters. The van der Waals surface area contributed by atoms with E-state index >= 15 is 0 Å². The van der Waals surface area contributed by atoms with Crippen LogP contribution in [0.25, 0.3) is 51.2 Å². The Bertz CT molecular complexity index is 2230. The van der Waals surface area contributed by atoms with Crippen LogP contribution in [0, 0.1) is 20.8 Å². The number of hydrogen-bond acceptors (Lipinski definition) is 2. The third-order valence-corrected chi connectivity index (χ3v) is 9.06. The summed E-state index contributed by atoms with van der Waals surface area (Å²) in [6, 6.07) is 42.9. The van der Waals surface area contributed by atoms with Crippen molar-refractivity contribution in [1.82, 2.24) is 4.98 Å². The minimum absolute atomic E-state index is 0.680. The van der Waals surface area contributed by atoms with Gasteiger partial charge in [0, 0.05) is 11.8 Å². The minimum Gasteiger partial charge on any atom is -0.254 e. The molecule has 6 aromatic rings. The van der Waals surface area contributed by atoms with E-state index in [9.17, 15) is 0 Å². The quantitative estimate of drug-likeness (QED) is 0.100. The fourth-order valence-corrected chi connectivity index (χ4v) is 6.11. The summed E-state index contributed by atoms with van der Waals surface area (Å²) in [6.07, 6.45) is 13.6. The van der Waals surface area contributed by atoms with Gasteiger partial charge >= 0.3 is 0 Å². The van der Waals surface area contributed by atoms with Gasteiger partial charge in [-0.05, 0) is 124 Å². The molecule has 5 aromatic carbocycles. The summed E-state index contributed by atoms with van der Waals surface area (Å²) in [7, 11) is 0. The highest BCUT2D eigenvalue weighted by atomic mass is 14.8. The number of allylic oxidation sites excluding steroid dienone is 4. The molecule has 0 radical (unpaired) electrons. The van der Waals surface area contributed by atoms with E-state index < -0.39 is 0 Å². The number of benzene rings is 5. The molecule has 0 unspecified atom stereocenters. The van der Waals surface area contributed by atoms with E-state index in [1.807, 2.05) is 54.8 Å². The van der Waals surface area contributed by atoms with Crippen molar-refractivity contribution in [2.45, 2.75) is 20.8 Å². The molecular weight excluding hydrogens is 617 g/mol. The molecule has 0 spiro atoms. The fourth-order valence-electron chi connectivity index (χ4n) is 6.11. The molecule has 0 amide bonds. The molecule has 51 heavy (non-hydrogen) atoms. The van der Waals surface area contributed by atoms with Gasteiger partial charge in [-0.25, -0.2) is 4.99 Å². The van der Waals surface area contributed by atoms with Gasteiger partial charge in [0.2, 0.25) is 0 Å². The molecule has 6 rings (SSSR count). The first-order valence-electron chi connectivity index (χ1n) is 17.2. The lowest BCUT2D eigenvalue weighted by Crippen LogP contribution is -2.08. The third-order valence-electron chi connectivity index (χ3n) is 9.06. The van der Waals surface area contributed by atoms with Gasteiger partial charge in [0.15, 0.2) is 0 Å². The van der Waals surface area contributed by atoms with Crippen LogP contribution in [0.4, 0.5) is 0 Å². The van der Waals surface area contributed by atoms with Crippen molar-refractivity contribution in [3.05, 3.63) is 216 Å². The Kier molecular flexibility index (Phi) is 10.7. The molecule has 2 nitrogen and oxygen atoms in total. The van der Waals surface area contributed by atoms with Gasteiger partial charge in [0.25, 0.3) is 0 Å². The zero-order valence-corrected chi connectivity index (χ0v) is 29.6. The Morgan fingerprint density at radius 2 is 1.06 bits per heavy atom. The maximum Gasteiger partial charge on any atom is 0.0968 e. The van der Waals surface area contributed by atoms with Crippen LogP contribution >= 0.6 is 0 Å². The molecule has 0 N–H and O–H groups in total. The Morgan fingerprint density at radius 3 is 1.59 bits per heavy atom. The first-order valence-corrected chi connectivity index (χ1v) is 17.2. The van der Waals surface area contributed by atoms with Gasteiger partial charge < -0.3 is 0 Å². The number of aromatic nitrogens is 1. The highest BCUT2D eigenvalue weighted by Gasteiger charge is 2.14. The Hall–Kier alpha value is -6.38. The molecule has 1 aromatic heterocycles. The maximum absolute atomic E-state index is 5.07. The lowest BCUT2D eigenvalue weighted by atomic mass is 9.91. The zero-order valence-electron chi connectivity index (χ0n) is 29.6. The van der Waals surface area contributed by atoms with Crippen LogP contribution in [0.15, 0.2) is 177 Å². The zero-order chi connectivity index (χ0) is 35.7. The van der Waals surface area contributed by atoms with Crippen molar-refractivity contribution in [2.75, 3.05) is 0 Å². The molecule has 0 aliphatic carbocycles. The van der Waals surface area contributed by atoms with E-state index in [0.717, 1.165) is 61.5 Å². The standard InChI is InChI=1S/C49H42N2/c1-7-9-16-41-29-43(22-20-34(41)3)46-31-45(32-47(33-46)44-23-21-35(4)42(30-44)17-10-8-2)39-26-24-38(25-27-39)37(6)51-49(40-18-12-11-13-19-40)48-36(5)15-14-28-50-48/h7-33H,1-2,6H2,3-5H3/b16-9-,17-10-,51-49?. The van der Waals surface area contributed by atoms with Crippen LogP contribution < -0.4 is 0 Å². The van der Waals surface area contributed by atoms with Crippen LogP contribution in [-0.4, -0.2) is 10.7 Å². The largest absolute Gasteiger partial charge is 0.254 e. The van der Waals surface area contributed by atoms with E-state index in [0.29, 0.717) is 5.70 Å². The SMILES string of the molecule is C=C/C=C\c1cc(-c2cc(-c3ccc(C(=C)N=C(c4ccccc4)c4ncccc4C)cc3)cc(-c3ccc(C)c(/C=C\C=C)c3)c2)ccc1C. The van der Waals surface area contributed by atoms with E-state index in [1.165, 1.54) is 22.3 Å². The first-order chi connectivity index (χ1) is 24.8. The van der Waals surface area contributed by atoms with Crippen LogP contribution in [0.1, 0.15) is 44.6 Å². The average Bonchev–Trinajstić information content (AvgIpc) is 3.17. The molecule has 0 aliphatic heterocycles. The van der Waals surface area contributed by atoms with Gasteiger partial charge in [-0.1, -0.05) is 141 Å². The van der Waals surface area contributed by atoms with Crippen LogP contribution in [0.5, 0.6) is 0 Å². The fraction of sp³-hybridized carbons (Fsp3) is 0.0612. The molecule has 1 heterocycles. The molecule has 2 heteroatoms. The average molecular weight is 659 g/mol. The van der Waals surface area contributed by atoms with Crippen molar-refractivity contribution < 1.29 is 0 Å². The Labute approximate surface area is 302 Å². The Morgan fingerprint density at radius 1 is 0.529 bits per heavy atom. The molecule has 0 fully saturated rings. The lowest BCUT2D eigenvalue weighted by Gasteiger charge is -2.14. The van der Waals surface area contributed by atoms with Gasteiger partial charge in [-0.15, -0.1) is 0 Å². The summed E-state index contributed by atoms with van der Waals surface area (Å²) in [5, 5.41) is 0. The molecule has 0 saturated heterocycles. The highest BCUT2D eigenvalue weighted by molar-refractivity contribution is 6.14. The van der Waals surface area contributed by atoms with Crippen molar-refractivity contribution in [3.63, 3.8) is 0 Å². The predicted octanol–water partition coefficient (Wildman–Crippen LogP) is 12.9. The number of hydrogen-bond donors (Lipinski definition) is 0. The minimum atomic E-state index is 0.680. The molecular formula is C49H42N2. The maximum atomic E-state index is 5.07. The molecule has 0 aliphatic rings. The molecule has 0 saturated carbocycles. The van der Waals surface area contributed by atoms with Crippen LogP contribution in [-0.2, 0) is 0 Å². The smallest absolute Gasteiger partial charge is 0.0968 e. The van der Waals surface area contributed by atoms with E-state index in [2.05, 4.69) is 155 Å². The number of aliphatic imine (C=N–C) groups is 1. The summed E-state index contributed by atoms with van der Waals surface area (Å²) < 4.78 is 0. The van der Waals surface area contributed by atoms with Gasteiger partial charge in [-0.2, -0.15) is 0 Å². The topological polar surface area (TPSA) is 25.2 Å². The summed E-state index contributed by atoms with van der Waals surface area (Å²) in [6.45, 7) is 18.4. The van der Waals surface area contributed by atoms with Crippen LogP contribution in [0.2, 0.25) is 0 Å². The lowest BCUT2D eigenvalue weighted by molar-refractivity contribution is 1.23. The summed E-state index contributed by atoms with van der Waals surface area (Å²) >= 11 is 0. The van der Waals surface area contributed by atoms with Gasteiger partial charge in [-0.3, -0.25) is 4.98 Å². The van der Waals surface area contributed by atoms with Gasteiger partial charge in [0.05, 0.1) is 17.1 Å². The first kappa shape index (κ1) is 34.5. The van der Waals surface area contributed by atoms with E-state index in [-0.39, 0.29) is 0 Å². The highest BCUT2D eigenvalue weighted by Crippen LogP contribution is 2.35. The van der Waals surface area contributed by atoms with Crippen molar-refractivity contribution in [2.24, 2.45) is 4.99 Å². The number of aryl methyl sites for hydroxylation is 3. The summed E-state index contributed by atoms with van der Waals surface area (Å²) in [5.74, 6) is 0. The van der Waals surface area contributed by atoms with Crippen molar-refractivity contribution in [1.29, 1.82) is 0 Å². The third kappa shape index (κ3) is 8.09. The number of rotatable bonds is 11. The Balaban J connectivity index is 1.43. The van der Waals surface area contributed by atoms with Gasteiger partial charge in [0.1, 0.15) is 0 Å². The molecule has 248 valence electrons. The summed E-state index contributed by atoms with van der Waals surface area (Å²) in [5.41, 5.74) is 17.0. The number of nitrogens with zero attached hydrogens (tertiary/aromatic N) is 2. The second-order valence-electron chi connectivity index (χ2n) is 12.7. The second-order valence-corrected chi connectivity index (χ2v) is 12.7. The summed E-state index contributed by atoms with van der Waals surface area (Å²) in [4.78, 5) is 9.75.